The third-order valence-corrected chi connectivity index (χ3v) is 3.41. The van der Waals surface area contributed by atoms with E-state index < -0.39 is 12.8 Å². The van der Waals surface area contributed by atoms with Gasteiger partial charge in [-0.25, -0.2) is 0 Å². The summed E-state index contributed by atoms with van der Waals surface area (Å²) >= 11 is 0. The van der Waals surface area contributed by atoms with Crippen molar-refractivity contribution >= 4 is 0 Å². The molecule has 0 bridgehead atoms. The number of ether oxygens (including phenoxy) is 1. The van der Waals surface area contributed by atoms with Crippen molar-refractivity contribution in [3.05, 3.63) is 0 Å². The Morgan fingerprint density at radius 2 is 1.89 bits per heavy atom. The van der Waals surface area contributed by atoms with Gasteiger partial charge in [-0.3, -0.25) is 0 Å². The molecule has 2 N–H and O–H groups in total. The molecule has 0 spiro atoms. The highest BCUT2D eigenvalue weighted by atomic mass is 19.4. The fraction of sp³-hybridized carbons (Fsp3) is 1.00. The second kappa shape index (κ2) is 7.31. The summed E-state index contributed by atoms with van der Waals surface area (Å²) < 4.78 is 39.8. The molecule has 0 aromatic rings. The normalized spacial score (nSPS) is 19.3. The number of hydrogen-bond donors (Lipinski definition) is 2. The monoisotopic (exact) mass is 269 g/mol. The van der Waals surface area contributed by atoms with E-state index in [0.717, 1.165) is 32.2 Å². The van der Waals surface area contributed by atoms with E-state index in [1.165, 1.54) is 0 Å². The van der Waals surface area contributed by atoms with Gasteiger partial charge in [-0.15, -0.1) is 0 Å². The number of halogens is 3. The fourth-order valence-electron chi connectivity index (χ4n) is 2.36. The molecule has 0 aliphatic heterocycles. The first-order chi connectivity index (χ1) is 8.47. The van der Waals surface area contributed by atoms with E-state index in [1.807, 2.05) is 0 Å². The van der Waals surface area contributed by atoms with E-state index in [2.05, 4.69) is 10.1 Å². The van der Waals surface area contributed by atoms with Crippen LogP contribution in [0.5, 0.6) is 0 Å². The molecule has 18 heavy (non-hydrogen) atoms. The molecule has 1 aliphatic carbocycles. The summed E-state index contributed by atoms with van der Waals surface area (Å²) in [5.41, 5.74) is -0.00712. The summed E-state index contributed by atoms with van der Waals surface area (Å²) in [6.45, 7) is 0.485. The second-order valence-electron chi connectivity index (χ2n) is 5.06. The van der Waals surface area contributed by atoms with Gasteiger partial charge in [-0.2, -0.15) is 13.2 Å². The van der Waals surface area contributed by atoms with Crippen LogP contribution in [0.1, 0.15) is 32.1 Å². The Kier molecular flexibility index (Phi) is 6.38. The Balaban J connectivity index is 1.98. The van der Waals surface area contributed by atoms with Gasteiger partial charge in [0.05, 0.1) is 0 Å². The SMILES string of the molecule is OCC1(CNCCCOCC(F)(F)F)CCCC1. The maximum absolute atomic E-state index is 11.8. The first-order valence-electron chi connectivity index (χ1n) is 6.44. The van der Waals surface area contributed by atoms with E-state index >= 15 is 0 Å². The molecule has 0 saturated heterocycles. The van der Waals surface area contributed by atoms with Crippen LogP contribution in [0.15, 0.2) is 0 Å². The van der Waals surface area contributed by atoms with E-state index in [0.29, 0.717) is 13.0 Å². The Morgan fingerprint density at radius 1 is 1.22 bits per heavy atom. The lowest BCUT2D eigenvalue weighted by Gasteiger charge is -2.26. The van der Waals surface area contributed by atoms with Crippen LogP contribution in [0.3, 0.4) is 0 Å². The van der Waals surface area contributed by atoms with Crippen LogP contribution >= 0.6 is 0 Å². The third-order valence-electron chi connectivity index (χ3n) is 3.41. The molecular formula is C12H22F3NO2. The summed E-state index contributed by atoms with van der Waals surface area (Å²) in [7, 11) is 0. The topological polar surface area (TPSA) is 41.5 Å². The van der Waals surface area contributed by atoms with Crippen molar-refractivity contribution in [1.29, 1.82) is 0 Å². The zero-order chi connectivity index (χ0) is 13.5. The highest BCUT2D eigenvalue weighted by Crippen LogP contribution is 2.36. The summed E-state index contributed by atoms with van der Waals surface area (Å²) in [5.74, 6) is 0. The molecule has 0 atom stereocenters. The van der Waals surface area contributed by atoms with E-state index in [1.54, 1.807) is 0 Å². The van der Waals surface area contributed by atoms with Gasteiger partial charge in [0.15, 0.2) is 0 Å². The number of rotatable bonds is 8. The van der Waals surface area contributed by atoms with Crippen LogP contribution in [-0.2, 0) is 4.74 Å². The Morgan fingerprint density at radius 3 is 2.44 bits per heavy atom. The molecule has 1 rings (SSSR count). The summed E-state index contributed by atoms with van der Waals surface area (Å²) in [4.78, 5) is 0. The summed E-state index contributed by atoms with van der Waals surface area (Å²) in [5, 5.41) is 12.6. The van der Waals surface area contributed by atoms with E-state index in [-0.39, 0.29) is 18.6 Å². The molecule has 0 radical (unpaired) electrons. The van der Waals surface area contributed by atoms with Gasteiger partial charge in [0.25, 0.3) is 0 Å². The molecule has 0 aromatic carbocycles. The van der Waals surface area contributed by atoms with Crippen molar-refractivity contribution in [2.24, 2.45) is 5.41 Å². The lowest BCUT2D eigenvalue weighted by molar-refractivity contribution is -0.173. The van der Waals surface area contributed by atoms with Gasteiger partial charge in [0, 0.05) is 25.2 Å². The second-order valence-corrected chi connectivity index (χ2v) is 5.06. The zero-order valence-corrected chi connectivity index (χ0v) is 10.6. The standard InChI is InChI=1S/C12H22F3NO2/c13-12(14,15)10-18-7-3-6-16-8-11(9-17)4-1-2-5-11/h16-17H,1-10H2. The molecule has 0 unspecified atom stereocenters. The average molecular weight is 269 g/mol. The number of alkyl halides is 3. The summed E-state index contributed by atoms with van der Waals surface area (Å²) in [6, 6.07) is 0. The minimum absolute atomic E-state index is 0.00712. The average Bonchev–Trinajstić information content (AvgIpc) is 2.76. The van der Waals surface area contributed by atoms with Gasteiger partial charge >= 0.3 is 6.18 Å². The van der Waals surface area contributed by atoms with Crippen molar-refractivity contribution in [3.63, 3.8) is 0 Å². The number of aliphatic hydroxyl groups excluding tert-OH is 1. The highest BCUT2D eigenvalue weighted by Gasteiger charge is 2.32. The largest absolute Gasteiger partial charge is 0.411 e. The predicted octanol–water partition coefficient (Wildman–Crippen LogP) is 2.10. The molecule has 6 heteroatoms. The van der Waals surface area contributed by atoms with Gasteiger partial charge in [0.2, 0.25) is 0 Å². The lowest BCUT2D eigenvalue weighted by Crippen LogP contribution is -2.35. The van der Waals surface area contributed by atoms with Crippen LogP contribution in [0.4, 0.5) is 13.2 Å². The van der Waals surface area contributed by atoms with Crippen LogP contribution in [0.2, 0.25) is 0 Å². The maximum atomic E-state index is 11.8. The third kappa shape index (κ3) is 6.02. The van der Waals surface area contributed by atoms with Crippen LogP contribution in [0.25, 0.3) is 0 Å². The van der Waals surface area contributed by atoms with Gasteiger partial charge < -0.3 is 15.2 Å². The van der Waals surface area contributed by atoms with Crippen molar-refractivity contribution in [3.8, 4) is 0 Å². The Labute approximate surface area is 106 Å². The zero-order valence-electron chi connectivity index (χ0n) is 10.6. The number of nitrogens with one attached hydrogen (secondary N) is 1. The van der Waals surface area contributed by atoms with E-state index in [4.69, 9.17) is 0 Å². The predicted molar refractivity (Wildman–Crippen MR) is 62.3 cm³/mol. The lowest BCUT2D eigenvalue weighted by atomic mass is 9.87. The summed E-state index contributed by atoms with van der Waals surface area (Å²) in [6.07, 6.45) is 0.672. The first kappa shape index (κ1) is 15.7. The quantitative estimate of drug-likeness (QED) is 0.663. The molecule has 1 aliphatic rings. The van der Waals surface area contributed by atoms with E-state index in [9.17, 15) is 18.3 Å². The molecule has 3 nitrogen and oxygen atoms in total. The van der Waals surface area contributed by atoms with Crippen molar-refractivity contribution in [2.45, 2.75) is 38.3 Å². The molecule has 0 amide bonds. The minimum Gasteiger partial charge on any atom is -0.396 e. The molecule has 0 heterocycles. The van der Waals surface area contributed by atoms with Gasteiger partial charge in [-0.1, -0.05) is 12.8 Å². The Hall–Kier alpha value is -0.330. The fourth-order valence-corrected chi connectivity index (χ4v) is 2.36. The molecule has 0 aromatic heterocycles. The van der Waals surface area contributed by atoms with Crippen molar-refractivity contribution in [1.82, 2.24) is 5.32 Å². The van der Waals surface area contributed by atoms with Crippen LogP contribution in [-0.4, -0.2) is 44.2 Å². The molecule has 1 fully saturated rings. The van der Waals surface area contributed by atoms with Gasteiger partial charge in [0.1, 0.15) is 6.61 Å². The smallest absolute Gasteiger partial charge is 0.396 e. The molecule has 108 valence electrons. The molecule has 1 saturated carbocycles. The number of aliphatic hydroxyl groups is 1. The molecular weight excluding hydrogens is 247 g/mol. The maximum Gasteiger partial charge on any atom is 0.411 e. The minimum atomic E-state index is -4.24. The van der Waals surface area contributed by atoms with Crippen LogP contribution < -0.4 is 5.32 Å². The highest BCUT2D eigenvalue weighted by molar-refractivity contribution is 4.85. The van der Waals surface area contributed by atoms with Crippen molar-refractivity contribution < 1.29 is 23.0 Å². The number of hydrogen-bond acceptors (Lipinski definition) is 3. The first-order valence-corrected chi connectivity index (χ1v) is 6.44. The Bertz CT molecular complexity index is 228. The van der Waals surface area contributed by atoms with Crippen molar-refractivity contribution in [2.75, 3.05) is 32.9 Å². The van der Waals surface area contributed by atoms with Crippen LogP contribution in [0, 0.1) is 5.41 Å². The van der Waals surface area contributed by atoms with Gasteiger partial charge in [-0.05, 0) is 25.8 Å².